The molecule has 5 rings (SSSR count). The number of anilines is 1. The lowest BCUT2D eigenvalue weighted by molar-refractivity contribution is 0.0526. The molecule has 0 unspecified atom stereocenters. The van der Waals surface area contributed by atoms with Gasteiger partial charge in [-0.15, -0.1) is 0 Å². The van der Waals surface area contributed by atoms with Crippen LogP contribution in [0.3, 0.4) is 0 Å². The number of amides is 2. The number of ether oxygens (including phenoxy) is 1. The third kappa shape index (κ3) is 4.93. The number of aryl methyl sites for hydroxylation is 1. The smallest absolute Gasteiger partial charge is 0.338 e. The zero-order chi connectivity index (χ0) is 26.6. The van der Waals surface area contributed by atoms with Crippen molar-refractivity contribution in [3.63, 3.8) is 0 Å². The van der Waals surface area contributed by atoms with Gasteiger partial charge in [0.15, 0.2) is 5.76 Å². The maximum atomic E-state index is 13.1. The summed E-state index contributed by atoms with van der Waals surface area (Å²) in [5.41, 5.74) is 6.27. The van der Waals surface area contributed by atoms with Crippen molar-refractivity contribution in [1.82, 2.24) is 5.43 Å². The number of carbonyl (C=O) groups excluding carboxylic acids is 3. The summed E-state index contributed by atoms with van der Waals surface area (Å²) in [7, 11) is 0. The van der Waals surface area contributed by atoms with Crippen LogP contribution in [-0.2, 0) is 11.2 Å². The summed E-state index contributed by atoms with van der Waals surface area (Å²) in [6.45, 7) is 3.85. The molecular formula is C30H27N3O5. The minimum absolute atomic E-state index is 0.194. The van der Waals surface area contributed by atoms with E-state index in [4.69, 9.17) is 9.15 Å². The van der Waals surface area contributed by atoms with Crippen LogP contribution < -0.4 is 10.7 Å². The molecule has 1 aromatic heterocycles. The highest BCUT2D eigenvalue weighted by atomic mass is 16.5. The van der Waals surface area contributed by atoms with E-state index < -0.39 is 11.9 Å². The van der Waals surface area contributed by atoms with Crippen molar-refractivity contribution in [2.45, 2.75) is 33.1 Å². The van der Waals surface area contributed by atoms with E-state index in [-0.39, 0.29) is 18.3 Å². The highest BCUT2D eigenvalue weighted by Gasteiger charge is 2.28. The van der Waals surface area contributed by atoms with E-state index in [2.05, 4.69) is 15.8 Å². The Morgan fingerprint density at radius 2 is 1.71 bits per heavy atom. The van der Waals surface area contributed by atoms with Crippen LogP contribution in [-0.4, -0.2) is 30.1 Å². The van der Waals surface area contributed by atoms with E-state index in [0.29, 0.717) is 46.7 Å². The maximum absolute atomic E-state index is 13.1. The van der Waals surface area contributed by atoms with Crippen LogP contribution in [0.4, 0.5) is 5.69 Å². The normalized spacial score (nSPS) is 13.7. The van der Waals surface area contributed by atoms with Crippen molar-refractivity contribution in [3.05, 3.63) is 101 Å². The summed E-state index contributed by atoms with van der Waals surface area (Å²) < 4.78 is 11.0. The van der Waals surface area contributed by atoms with Crippen molar-refractivity contribution in [3.8, 4) is 0 Å². The van der Waals surface area contributed by atoms with E-state index in [9.17, 15) is 14.4 Å². The second-order valence-electron chi connectivity index (χ2n) is 8.99. The topological polar surface area (TPSA) is 110 Å². The minimum Gasteiger partial charge on any atom is -0.462 e. The molecule has 1 aliphatic rings. The number of nitrogens with zero attached hydrogens (tertiary/aromatic N) is 1. The molecule has 0 saturated carbocycles. The van der Waals surface area contributed by atoms with Gasteiger partial charge in [-0.1, -0.05) is 36.4 Å². The molecule has 38 heavy (non-hydrogen) atoms. The number of hydrazone groups is 1. The SMILES string of the molecule is CCOC(=O)c1ccc(NC(=O)c2oc3c(c2C)/C(=N/NC(=O)c2cccc4ccccc24)CCC3)cc1. The highest BCUT2D eigenvalue weighted by Crippen LogP contribution is 2.30. The number of rotatable bonds is 6. The molecule has 0 aliphatic heterocycles. The molecule has 0 bridgehead atoms. The van der Waals surface area contributed by atoms with E-state index in [1.807, 2.05) is 43.3 Å². The summed E-state index contributed by atoms with van der Waals surface area (Å²) in [6.07, 6.45) is 2.12. The van der Waals surface area contributed by atoms with E-state index >= 15 is 0 Å². The first-order valence-electron chi connectivity index (χ1n) is 12.5. The van der Waals surface area contributed by atoms with E-state index in [1.165, 1.54) is 0 Å². The summed E-state index contributed by atoms with van der Waals surface area (Å²) >= 11 is 0. The van der Waals surface area contributed by atoms with Crippen LogP contribution in [0.15, 0.2) is 76.2 Å². The zero-order valence-electron chi connectivity index (χ0n) is 21.2. The molecule has 0 spiro atoms. The molecule has 0 radical (unpaired) electrons. The summed E-state index contributed by atoms with van der Waals surface area (Å²) in [5, 5.41) is 9.09. The fraction of sp³-hybridized carbons (Fsp3) is 0.200. The van der Waals surface area contributed by atoms with E-state index in [1.54, 1.807) is 37.3 Å². The lowest BCUT2D eigenvalue weighted by Gasteiger charge is -2.13. The number of hydrogen-bond donors (Lipinski definition) is 2. The number of hydrogen-bond acceptors (Lipinski definition) is 6. The summed E-state index contributed by atoms with van der Waals surface area (Å²) in [5.74, 6) is -0.250. The van der Waals surface area contributed by atoms with Gasteiger partial charge in [-0.3, -0.25) is 9.59 Å². The van der Waals surface area contributed by atoms with Gasteiger partial charge in [-0.2, -0.15) is 5.10 Å². The van der Waals surface area contributed by atoms with Crippen LogP contribution in [0.2, 0.25) is 0 Å². The van der Waals surface area contributed by atoms with Crippen molar-refractivity contribution in [2.75, 3.05) is 11.9 Å². The Balaban J connectivity index is 1.34. The van der Waals surface area contributed by atoms with Gasteiger partial charge in [0.05, 0.1) is 17.9 Å². The molecule has 3 aromatic carbocycles. The largest absolute Gasteiger partial charge is 0.462 e. The predicted octanol–water partition coefficient (Wildman–Crippen LogP) is 5.64. The van der Waals surface area contributed by atoms with Crippen LogP contribution in [0, 0.1) is 6.92 Å². The molecule has 0 saturated heterocycles. The van der Waals surface area contributed by atoms with Crippen molar-refractivity contribution < 1.29 is 23.5 Å². The molecule has 1 aliphatic carbocycles. The zero-order valence-corrected chi connectivity index (χ0v) is 21.2. The Bertz CT molecular complexity index is 1560. The average molecular weight is 510 g/mol. The van der Waals surface area contributed by atoms with Gasteiger partial charge in [0.2, 0.25) is 0 Å². The van der Waals surface area contributed by atoms with Crippen LogP contribution in [0.5, 0.6) is 0 Å². The van der Waals surface area contributed by atoms with Crippen LogP contribution in [0.25, 0.3) is 10.8 Å². The standard InChI is InChI=1S/C30H27N3O5/c1-3-37-30(36)20-14-16-21(17-15-20)31-29(35)27-18(2)26-24(12-7-13-25(26)38-27)32-33-28(34)23-11-6-9-19-8-4-5-10-22(19)23/h4-6,8-11,14-17H,3,7,12-13H2,1-2H3,(H,31,35)(H,33,34)/b32-24+. The summed E-state index contributed by atoms with van der Waals surface area (Å²) in [4.78, 5) is 37.9. The average Bonchev–Trinajstić information content (AvgIpc) is 3.29. The highest BCUT2D eigenvalue weighted by molar-refractivity contribution is 6.11. The van der Waals surface area contributed by atoms with Crippen molar-refractivity contribution in [2.24, 2.45) is 5.10 Å². The minimum atomic E-state index is -0.417. The lowest BCUT2D eigenvalue weighted by Crippen LogP contribution is -2.22. The Morgan fingerprint density at radius 3 is 2.50 bits per heavy atom. The number of fused-ring (bicyclic) bond motifs is 2. The van der Waals surface area contributed by atoms with Gasteiger partial charge in [-0.05, 0) is 67.8 Å². The molecule has 2 amide bonds. The Labute approximate surface area is 219 Å². The molecule has 1 heterocycles. The van der Waals surface area contributed by atoms with Gasteiger partial charge >= 0.3 is 5.97 Å². The van der Waals surface area contributed by atoms with Crippen molar-refractivity contribution in [1.29, 1.82) is 0 Å². The third-order valence-electron chi connectivity index (χ3n) is 6.51. The Kier molecular flexibility index (Phi) is 7.04. The number of nitrogens with one attached hydrogen (secondary N) is 2. The maximum Gasteiger partial charge on any atom is 0.338 e. The molecule has 0 fully saturated rings. The Hall–Kier alpha value is -4.72. The molecule has 8 nitrogen and oxygen atoms in total. The quantitative estimate of drug-likeness (QED) is 0.258. The van der Waals surface area contributed by atoms with E-state index in [0.717, 1.165) is 22.8 Å². The molecule has 4 aromatic rings. The molecular weight excluding hydrogens is 482 g/mol. The fourth-order valence-electron chi connectivity index (χ4n) is 4.69. The van der Waals surface area contributed by atoms with Crippen LogP contribution in [0.1, 0.15) is 67.9 Å². The summed E-state index contributed by atoms with van der Waals surface area (Å²) in [6, 6.07) is 19.7. The fourth-order valence-corrected chi connectivity index (χ4v) is 4.69. The number of benzene rings is 3. The van der Waals surface area contributed by atoms with Gasteiger partial charge < -0.3 is 14.5 Å². The van der Waals surface area contributed by atoms with Crippen molar-refractivity contribution >= 4 is 40.0 Å². The Morgan fingerprint density at radius 1 is 0.947 bits per heavy atom. The predicted molar refractivity (Wildman–Crippen MR) is 145 cm³/mol. The first-order chi connectivity index (χ1) is 18.5. The van der Waals surface area contributed by atoms with Gasteiger partial charge in [-0.25, -0.2) is 10.2 Å². The molecule has 8 heteroatoms. The molecule has 192 valence electrons. The second-order valence-corrected chi connectivity index (χ2v) is 8.99. The monoisotopic (exact) mass is 509 g/mol. The lowest BCUT2D eigenvalue weighted by atomic mass is 9.93. The van der Waals surface area contributed by atoms with Gasteiger partial charge in [0, 0.05) is 28.8 Å². The number of esters is 1. The van der Waals surface area contributed by atoms with Gasteiger partial charge in [0.1, 0.15) is 5.76 Å². The first-order valence-corrected chi connectivity index (χ1v) is 12.5. The third-order valence-corrected chi connectivity index (χ3v) is 6.51. The van der Waals surface area contributed by atoms with Crippen LogP contribution >= 0.6 is 0 Å². The first kappa shape index (κ1) is 25.0. The van der Waals surface area contributed by atoms with Gasteiger partial charge in [0.25, 0.3) is 11.8 Å². The number of carbonyl (C=O) groups is 3. The molecule has 0 atom stereocenters. The number of furan rings is 1. The molecule has 2 N–H and O–H groups in total. The second kappa shape index (κ2) is 10.7.